The number of benzene rings is 1. The van der Waals surface area contributed by atoms with E-state index in [1.54, 1.807) is 30.1 Å². The zero-order valence-electron chi connectivity index (χ0n) is 13.5. The second-order valence-corrected chi connectivity index (χ2v) is 6.67. The fourth-order valence-electron chi connectivity index (χ4n) is 1.76. The lowest BCUT2D eigenvalue weighted by molar-refractivity contribution is 0.270. The van der Waals surface area contributed by atoms with Gasteiger partial charge in [0, 0.05) is 27.2 Å². The minimum absolute atomic E-state index is 0.209. The summed E-state index contributed by atoms with van der Waals surface area (Å²) < 4.78 is 43.1. The van der Waals surface area contributed by atoms with Gasteiger partial charge < -0.3 is 15.0 Å². The lowest BCUT2D eigenvalue weighted by Gasteiger charge is -2.22. The number of halogens is 1. The zero-order chi connectivity index (χ0) is 17.3. The highest BCUT2D eigenvalue weighted by Gasteiger charge is 2.07. The van der Waals surface area contributed by atoms with Gasteiger partial charge in [0.15, 0.2) is 17.5 Å². The van der Waals surface area contributed by atoms with Gasteiger partial charge in [0.2, 0.25) is 10.0 Å². The molecule has 0 saturated heterocycles. The zero-order valence-corrected chi connectivity index (χ0v) is 14.4. The molecule has 0 heterocycles. The molecule has 2 N–H and O–H groups in total. The topological polar surface area (TPSA) is 83.0 Å². The smallest absolute Gasteiger partial charge is 0.208 e. The van der Waals surface area contributed by atoms with Crippen molar-refractivity contribution in [3.63, 3.8) is 0 Å². The minimum Gasteiger partial charge on any atom is -0.489 e. The van der Waals surface area contributed by atoms with Crippen molar-refractivity contribution < 1.29 is 17.5 Å². The highest BCUT2D eigenvalue weighted by atomic mass is 32.2. The van der Waals surface area contributed by atoms with Crippen LogP contribution in [0.15, 0.2) is 29.3 Å². The standard InChI is InChI=1S/C14H23FN4O3S/c1-16-14(17-8-9-18-23(3,20)21)19(2)10-11-22-13-7-5-4-6-12(13)15/h4-7,18H,8-11H2,1-3H3,(H,16,17). The molecule has 0 aliphatic carbocycles. The Balaban J connectivity index is 2.34. The number of ether oxygens (including phenoxy) is 1. The van der Waals surface area contributed by atoms with Crippen molar-refractivity contribution in [2.45, 2.75) is 0 Å². The third kappa shape index (κ3) is 7.80. The van der Waals surface area contributed by atoms with Crippen LogP contribution in [0.5, 0.6) is 5.75 Å². The van der Waals surface area contributed by atoms with Crippen LogP contribution in [0.1, 0.15) is 0 Å². The fraction of sp³-hybridized carbons (Fsp3) is 0.500. The lowest BCUT2D eigenvalue weighted by atomic mass is 10.3. The van der Waals surface area contributed by atoms with E-state index in [-0.39, 0.29) is 12.3 Å². The maximum Gasteiger partial charge on any atom is 0.208 e. The summed E-state index contributed by atoms with van der Waals surface area (Å²) in [5.41, 5.74) is 0. The lowest BCUT2D eigenvalue weighted by Crippen LogP contribution is -2.43. The number of nitrogens with one attached hydrogen (secondary N) is 2. The van der Waals surface area contributed by atoms with Crippen LogP contribution in [0.4, 0.5) is 4.39 Å². The van der Waals surface area contributed by atoms with Gasteiger partial charge >= 0.3 is 0 Å². The van der Waals surface area contributed by atoms with Crippen molar-refractivity contribution in [2.75, 3.05) is 46.6 Å². The molecule has 0 spiro atoms. The van der Waals surface area contributed by atoms with Crippen molar-refractivity contribution in [1.29, 1.82) is 0 Å². The molecule has 23 heavy (non-hydrogen) atoms. The van der Waals surface area contributed by atoms with Gasteiger partial charge in [-0.15, -0.1) is 0 Å². The third-order valence-electron chi connectivity index (χ3n) is 2.87. The predicted molar refractivity (Wildman–Crippen MR) is 88.7 cm³/mol. The van der Waals surface area contributed by atoms with Gasteiger partial charge in [-0.2, -0.15) is 0 Å². The Hall–Kier alpha value is -1.87. The normalized spacial score (nSPS) is 12.1. The molecule has 9 heteroatoms. The summed E-state index contributed by atoms with van der Waals surface area (Å²) in [5.74, 6) is 0.406. The Kier molecular flexibility index (Phi) is 7.76. The molecule has 0 atom stereocenters. The summed E-state index contributed by atoms with van der Waals surface area (Å²) in [6.45, 7) is 1.45. The van der Waals surface area contributed by atoms with Crippen molar-refractivity contribution in [3.8, 4) is 5.75 Å². The quantitative estimate of drug-likeness (QED) is 0.401. The average Bonchev–Trinajstić information content (AvgIpc) is 2.48. The summed E-state index contributed by atoms with van der Waals surface area (Å²) in [6.07, 6.45) is 1.11. The number of para-hydroxylation sites is 1. The predicted octanol–water partition coefficient (Wildman–Crippen LogP) is 0.261. The number of guanidine groups is 1. The maximum absolute atomic E-state index is 13.4. The van der Waals surface area contributed by atoms with Crippen LogP contribution in [0.3, 0.4) is 0 Å². The van der Waals surface area contributed by atoms with Gasteiger partial charge in [-0.05, 0) is 12.1 Å². The van der Waals surface area contributed by atoms with E-state index in [1.807, 2.05) is 7.05 Å². The second-order valence-electron chi connectivity index (χ2n) is 4.84. The van der Waals surface area contributed by atoms with Gasteiger partial charge in [-0.25, -0.2) is 17.5 Å². The molecule has 0 aliphatic heterocycles. The Labute approximate surface area is 136 Å². The van der Waals surface area contributed by atoms with Gasteiger partial charge in [-0.3, -0.25) is 4.99 Å². The Morgan fingerprint density at radius 3 is 2.65 bits per heavy atom. The molecule has 1 aromatic carbocycles. The monoisotopic (exact) mass is 346 g/mol. The van der Waals surface area contributed by atoms with E-state index < -0.39 is 15.8 Å². The molecule has 130 valence electrons. The van der Waals surface area contributed by atoms with Crippen LogP contribution in [0.25, 0.3) is 0 Å². The molecular formula is C14H23FN4O3S. The largest absolute Gasteiger partial charge is 0.489 e. The number of nitrogens with zero attached hydrogens (tertiary/aromatic N) is 2. The Bertz CT molecular complexity index is 622. The van der Waals surface area contributed by atoms with Gasteiger partial charge in [-0.1, -0.05) is 12.1 Å². The molecular weight excluding hydrogens is 323 g/mol. The number of aliphatic imine (C=N–C) groups is 1. The summed E-state index contributed by atoms with van der Waals surface area (Å²) in [4.78, 5) is 5.90. The van der Waals surface area contributed by atoms with Crippen molar-refractivity contribution in [1.82, 2.24) is 14.9 Å². The first-order chi connectivity index (χ1) is 10.8. The van der Waals surface area contributed by atoms with Crippen LogP contribution in [-0.4, -0.2) is 65.9 Å². The summed E-state index contributed by atoms with van der Waals surface area (Å²) >= 11 is 0. The summed E-state index contributed by atoms with van der Waals surface area (Å²) in [7, 11) is 0.238. The van der Waals surface area contributed by atoms with Gasteiger partial charge in [0.05, 0.1) is 12.8 Å². The molecule has 7 nitrogen and oxygen atoms in total. The highest BCUT2D eigenvalue weighted by molar-refractivity contribution is 7.88. The summed E-state index contributed by atoms with van der Waals surface area (Å²) in [5, 5.41) is 3.02. The molecule has 0 fully saturated rings. The van der Waals surface area contributed by atoms with Crippen molar-refractivity contribution >= 4 is 16.0 Å². The molecule has 0 aromatic heterocycles. The van der Waals surface area contributed by atoms with E-state index in [1.165, 1.54) is 6.07 Å². The number of sulfonamides is 1. The van der Waals surface area contributed by atoms with Crippen LogP contribution in [0.2, 0.25) is 0 Å². The first kappa shape index (κ1) is 19.2. The van der Waals surface area contributed by atoms with Crippen LogP contribution in [0, 0.1) is 5.82 Å². The van der Waals surface area contributed by atoms with E-state index in [9.17, 15) is 12.8 Å². The van der Waals surface area contributed by atoms with Crippen LogP contribution in [-0.2, 0) is 10.0 Å². The molecule has 0 amide bonds. The minimum atomic E-state index is -3.20. The van der Waals surface area contributed by atoms with E-state index in [2.05, 4.69) is 15.0 Å². The third-order valence-corrected chi connectivity index (χ3v) is 3.60. The number of hydrogen-bond acceptors (Lipinski definition) is 4. The van der Waals surface area contributed by atoms with E-state index in [4.69, 9.17) is 4.74 Å². The van der Waals surface area contributed by atoms with Gasteiger partial charge in [0.25, 0.3) is 0 Å². The first-order valence-corrected chi connectivity index (χ1v) is 8.96. The molecule has 1 aromatic rings. The fourth-order valence-corrected chi connectivity index (χ4v) is 2.23. The Morgan fingerprint density at radius 2 is 2.04 bits per heavy atom. The molecule has 1 rings (SSSR count). The molecule has 0 bridgehead atoms. The number of likely N-dealkylation sites (N-methyl/N-ethyl adjacent to an activating group) is 1. The Morgan fingerprint density at radius 1 is 1.35 bits per heavy atom. The molecule has 0 aliphatic rings. The molecule has 0 radical (unpaired) electrons. The summed E-state index contributed by atoms with van der Waals surface area (Å²) in [6, 6.07) is 6.22. The number of hydrogen-bond donors (Lipinski definition) is 2. The van der Waals surface area contributed by atoms with Crippen molar-refractivity contribution in [2.24, 2.45) is 4.99 Å². The maximum atomic E-state index is 13.4. The van der Waals surface area contributed by atoms with E-state index in [0.717, 1.165) is 6.26 Å². The molecule has 0 saturated carbocycles. The van der Waals surface area contributed by atoms with Crippen molar-refractivity contribution in [3.05, 3.63) is 30.1 Å². The molecule has 0 unspecified atom stereocenters. The highest BCUT2D eigenvalue weighted by Crippen LogP contribution is 2.14. The van der Waals surface area contributed by atoms with E-state index >= 15 is 0 Å². The van der Waals surface area contributed by atoms with Crippen LogP contribution >= 0.6 is 0 Å². The second kappa shape index (κ2) is 9.31. The van der Waals surface area contributed by atoms with Crippen LogP contribution < -0.4 is 14.8 Å². The SMILES string of the molecule is CN=C(NCCNS(C)(=O)=O)N(C)CCOc1ccccc1F. The van der Waals surface area contributed by atoms with Gasteiger partial charge in [0.1, 0.15) is 6.61 Å². The first-order valence-electron chi connectivity index (χ1n) is 7.07. The number of rotatable bonds is 8. The van der Waals surface area contributed by atoms with E-state index in [0.29, 0.717) is 25.7 Å². The average molecular weight is 346 g/mol.